The SMILES string of the molecule is CCOC(=O)CC(c1ccccc1)N1C(=O)c2cc(CCc3cccc(C#N)c3)ccc2N(C(C)C)C(=O)C1c1ccccc1. The number of fused-ring (bicyclic) bond motifs is 1. The van der Waals surface area contributed by atoms with Gasteiger partial charge in [-0.15, -0.1) is 0 Å². The maximum absolute atomic E-state index is 15.0. The average Bonchev–Trinajstić information content (AvgIpc) is 3.15. The van der Waals surface area contributed by atoms with Crippen LogP contribution in [0.2, 0.25) is 0 Å². The molecule has 0 saturated carbocycles. The second kappa shape index (κ2) is 14.0. The highest BCUT2D eigenvalue weighted by atomic mass is 16.5. The number of nitriles is 1. The highest BCUT2D eigenvalue weighted by molar-refractivity contribution is 6.11. The minimum atomic E-state index is -0.981. The molecule has 0 fully saturated rings. The van der Waals surface area contributed by atoms with Gasteiger partial charge in [0, 0.05) is 6.04 Å². The van der Waals surface area contributed by atoms with Crippen molar-refractivity contribution >= 4 is 23.5 Å². The minimum Gasteiger partial charge on any atom is -0.466 e. The standard InChI is InChI=1S/C38H37N3O4/c1-4-45-35(42)24-34(30-14-7-5-8-15-30)41-36(31-16-9-6-10-17-31)38(44)40(26(2)3)33-21-20-28(23-32(33)37(41)43)19-18-27-12-11-13-29(22-27)25-39/h5-17,20-23,26,34,36H,4,18-19,24H2,1-3H3. The predicted octanol–water partition coefficient (Wildman–Crippen LogP) is 6.98. The maximum atomic E-state index is 15.0. The van der Waals surface area contributed by atoms with E-state index in [0.29, 0.717) is 35.2 Å². The van der Waals surface area contributed by atoms with Crippen molar-refractivity contribution < 1.29 is 19.1 Å². The lowest BCUT2D eigenvalue weighted by molar-refractivity contribution is -0.145. The largest absolute Gasteiger partial charge is 0.466 e. The summed E-state index contributed by atoms with van der Waals surface area (Å²) in [6.45, 7) is 5.83. The van der Waals surface area contributed by atoms with Crippen LogP contribution in [0.15, 0.2) is 103 Å². The first kappa shape index (κ1) is 31.2. The Morgan fingerprint density at radius 1 is 0.867 bits per heavy atom. The Kier molecular flexibility index (Phi) is 9.74. The molecule has 7 nitrogen and oxygen atoms in total. The Bertz CT molecular complexity index is 1710. The molecular formula is C38H37N3O4. The molecule has 0 aromatic heterocycles. The van der Waals surface area contributed by atoms with Gasteiger partial charge in [-0.1, -0.05) is 78.9 Å². The van der Waals surface area contributed by atoms with E-state index in [1.165, 1.54) is 0 Å². The topological polar surface area (TPSA) is 90.7 Å². The van der Waals surface area contributed by atoms with Crippen molar-refractivity contribution in [3.63, 3.8) is 0 Å². The van der Waals surface area contributed by atoms with Crippen LogP contribution < -0.4 is 4.90 Å². The van der Waals surface area contributed by atoms with E-state index in [4.69, 9.17) is 4.74 Å². The third-order valence-corrected chi connectivity index (χ3v) is 8.11. The number of ether oxygens (including phenoxy) is 1. The van der Waals surface area contributed by atoms with Gasteiger partial charge in [0.2, 0.25) is 0 Å². The monoisotopic (exact) mass is 599 g/mol. The fraction of sp³-hybridized carbons (Fsp3) is 0.263. The molecule has 2 unspecified atom stereocenters. The van der Waals surface area contributed by atoms with Crippen LogP contribution in [-0.4, -0.2) is 35.3 Å². The smallest absolute Gasteiger partial charge is 0.308 e. The molecule has 5 rings (SSSR count). The summed E-state index contributed by atoms with van der Waals surface area (Å²) in [7, 11) is 0. The summed E-state index contributed by atoms with van der Waals surface area (Å²) in [5.41, 5.74) is 4.91. The summed E-state index contributed by atoms with van der Waals surface area (Å²) in [5.74, 6) is -1.02. The number of nitrogens with zero attached hydrogens (tertiary/aromatic N) is 3. The van der Waals surface area contributed by atoms with Crippen LogP contribution in [0.3, 0.4) is 0 Å². The van der Waals surface area contributed by atoms with Crippen LogP contribution in [0.1, 0.15) is 77.5 Å². The van der Waals surface area contributed by atoms with Crippen molar-refractivity contribution in [3.8, 4) is 6.07 Å². The molecule has 45 heavy (non-hydrogen) atoms. The summed E-state index contributed by atoms with van der Waals surface area (Å²) in [5, 5.41) is 9.31. The summed E-state index contributed by atoms with van der Waals surface area (Å²) in [6, 6.07) is 32.1. The van der Waals surface area contributed by atoms with E-state index in [1.54, 1.807) is 22.8 Å². The molecule has 4 aromatic carbocycles. The Hall–Kier alpha value is -5.22. The third-order valence-electron chi connectivity index (χ3n) is 8.11. The predicted molar refractivity (Wildman–Crippen MR) is 173 cm³/mol. The highest BCUT2D eigenvalue weighted by Gasteiger charge is 2.45. The van der Waals surface area contributed by atoms with Crippen molar-refractivity contribution in [3.05, 3.63) is 137 Å². The first-order valence-corrected chi connectivity index (χ1v) is 15.4. The Morgan fingerprint density at radius 2 is 1.53 bits per heavy atom. The summed E-state index contributed by atoms with van der Waals surface area (Å²) in [4.78, 5) is 46.0. The van der Waals surface area contributed by atoms with E-state index < -0.39 is 18.1 Å². The number of benzene rings is 4. The lowest BCUT2D eigenvalue weighted by atomic mass is 9.95. The van der Waals surface area contributed by atoms with E-state index in [-0.39, 0.29) is 30.9 Å². The van der Waals surface area contributed by atoms with Crippen LogP contribution in [0.5, 0.6) is 0 Å². The molecule has 0 saturated heterocycles. The molecule has 0 radical (unpaired) electrons. The number of amides is 2. The van der Waals surface area contributed by atoms with Crippen molar-refractivity contribution in [1.82, 2.24) is 4.90 Å². The first-order valence-electron chi connectivity index (χ1n) is 15.4. The van der Waals surface area contributed by atoms with Gasteiger partial charge in [0.25, 0.3) is 11.8 Å². The second-order valence-corrected chi connectivity index (χ2v) is 11.4. The normalized spacial score (nSPS) is 15.3. The summed E-state index contributed by atoms with van der Waals surface area (Å²) in [6.07, 6.45) is 1.21. The molecule has 1 heterocycles. The van der Waals surface area contributed by atoms with Gasteiger partial charge >= 0.3 is 5.97 Å². The fourth-order valence-electron chi connectivity index (χ4n) is 6.05. The molecule has 7 heteroatoms. The van der Waals surface area contributed by atoms with Crippen molar-refractivity contribution in [2.75, 3.05) is 11.5 Å². The van der Waals surface area contributed by atoms with Gasteiger partial charge in [-0.05, 0) is 80.1 Å². The lowest BCUT2D eigenvalue weighted by Gasteiger charge is -2.37. The molecule has 1 aliphatic rings. The molecular weight excluding hydrogens is 562 g/mol. The first-order chi connectivity index (χ1) is 21.8. The molecule has 228 valence electrons. The number of hydrogen-bond acceptors (Lipinski definition) is 5. The second-order valence-electron chi connectivity index (χ2n) is 11.4. The van der Waals surface area contributed by atoms with Crippen LogP contribution in [0.25, 0.3) is 0 Å². The quantitative estimate of drug-likeness (QED) is 0.184. The van der Waals surface area contributed by atoms with E-state index in [2.05, 4.69) is 6.07 Å². The van der Waals surface area contributed by atoms with Gasteiger partial charge in [-0.2, -0.15) is 5.26 Å². The van der Waals surface area contributed by atoms with E-state index in [9.17, 15) is 19.6 Å². The van der Waals surface area contributed by atoms with Gasteiger partial charge in [0.05, 0.1) is 42.0 Å². The van der Waals surface area contributed by atoms with Crippen molar-refractivity contribution in [2.45, 2.75) is 58.2 Å². The zero-order chi connectivity index (χ0) is 31.9. The molecule has 1 aliphatic heterocycles. The molecule has 0 bridgehead atoms. The summed E-state index contributed by atoms with van der Waals surface area (Å²) >= 11 is 0. The minimum absolute atomic E-state index is 0.105. The number of esters is 1. The summed E-state index contributed by atoms with van der Waals surface area (Å²) < 4.78 is 5.37. The van der Waals surface area contributed by atoms with Crippen molar-refractivity contribution in [1.29, 1.82) is 5.26 Å². The van der Waals surface area contributed by atoms with Gasteiger partial charge in [0.1, 0.15) is 6.04 Å². The van der Waals surface area contributed by atoms with E-state index in [1.807, 2.05) is 111 Å². The van der Waals surface area contributed by atoms with Crippen LogP contribution in [0.4, 0.5) is 5.69 Å². The van der Waals surface area contributed by atoms with Crippen molar-refractivity contribution in [2.24, 2.45) is 0 Å². The van der Waals surface area contributed by atoms with Gasteiger partial charge in [0.15, 0.2) is 0 Å². The third kappa shape index (κ3) is 6.81. The number of rotatable bonds is 10. The molecule has 4 aromatic rings. The zero-order valence-electron chi connectivity index (χ0n) is 25.9. The van der Waals surface area contributed by atoms with Gasteiger partial charge in [-0.25, -0.2) is 0 Å². The zero-order valence-corrected chi connectivity index (χ0v) is 25.9. The van der Waals surface area contributed by atoms with Crippen LogP contribution in [-0.2, 0) is 27.2 Å². The van der Waals surface area contributed by atoms with Gasteiger partial charge in [-0.3, -0.25) is 14.4 Å². The van der Waals surface area contributed by atoms with Crippen LogP contribution >= 0.6 is 0 Å². The number of anilines is 1. The number of aryl methyl sites for hydroxylation is 2. The molecule has 2 atom stereocenters. The lowest BCUT2D eigenvalue weighted by Crippen LogP contribution is -2.46. The molecule has 0 N–H and O–H groups in total. The Balaban J connectivity index is 1.66. The molecule has 0 spiro atoms. The molecule has 2 amide bonds. The highest BCUT2D eigenvalue weighted by Crippen LogP contribution is 2.42. The van der Waals surface area contributed by atoms with E-state index >= 15 is 0 Å². The average molecular weight is 600 g/mol. The Morgan fingerprint density at radius 3 is 2.18 bits per heavy atom. The number of carbonyl (C=O) groups is 3. The Labute approximate surface area is 264 Å². The number of carbonyl (C=O) groups excluding carboxylic acids is 3. The van der Waals surface area contributed by atoms with Crippen LogP contribution in [0, 0.1) is 11.3 Å². The maximum Gasteiger partial charge on any atom is 0.308 e. The molecule has 0 aliphatic carbocycles. The number of hydrogen-bond donors (Lipinski definition) is 0. The van der Waals surface area contributed by atoms with E-state index in [0.717, 1.165) is 16.7 Å². The van der Waals surface area contributed by atoms with Gasteiger partial charge < -0.3 is 14.5 Å². The fourth-order valence-corrected chi connectivity index (χ4v) is 6.05.